The summed E-state index contributed by atoms with van der Waals surface area (Å²) in [6.45, 7) is 4.01. The highest BCUT2D eigenvalue weighted by atomic mass is 32.1. The van der Waals surface area contributed by atoms with Gasteiger partial charge in [-0.3, -0.25) is 0 Å². The van der Waals surface area contributed by atoms with Crippen molar-refractivity contribution in [2.24, 2.45) is 0 Å². The van der Waals surface area contributed by atoms with Crippen LogP contribution in [0, 0.1) is 4.64 Å². The molecule has 4 heteroatoms. The zero-order chi connectivity index (χ0) is 12.3. The Morgan fingerprint density at radius 2 is 1.94 bits per heavy atom. The Bertz CT molecular complexity index is 546. The summed E-state index contributed by atoms with van der Waals surface area (Å²) in [6, 6.07) is 7.85. The van der Waals surface area contributed by atoms with Gasteiger partial charge in [0.2, 0.25) is 0 Å². The number of aromatic nitrogens is 2. The summed E-state index contributed by atoms with van der Waals surface area (Å²) >= 11 is 5.21. The third-order valence-corrected chi connectivity index (χ3v) is 2.59. The average Bonchev–Trinajstić information content (AvgIpc) is 2.30. The third-order valence-electron chi connectivity index (χ3n) is 2.26. The van der Waals surface area contributed by atoms with Crippen LogP contribution in [0.25, 0.3) is 11.1 Å². The topological polar surface area (TPSA) is 37.9 Å². The van der Waals surface area contributed by atoms with E-state index in [0.29, 0.717) is 4.64 Å². The summed E-state index contributed by atoms with van der Waals surface area (Å²) in [5.41, 5.74) is 1.97. The quantitative estimate of drug-likeness (QED) is 0.841. The number of aromatic amines is 1. The maximum Gasteiger partial charge on any atom is 0.119 e. The molecule has 0 spiro atoms. The van der Waals surface area contributed by atoms with Crippen molar-refractivity contribution in [1.29, 1.82) is 0 Å². The molecule has 1 heterocycles. The van der Waals surface area contributed by atoms with Crippen molar-refractivity contribution in [3.05, 3.63) is 41.4 Å². The third kappa shape index (κ3) is 2.91. The molecule has 1 aromatic heterocycles. The lowest BCUT2D eigenvalue weighted by molar-refractivity contribution is 0.242. The Morgan fingerprint density at radius 1 is 1.24 bits per heavy atom. The van der Waals surface area contributed by atoms with Gasteiger partial charge in [-0.2, -0.15) is 0 Å². The van der Waals surface area contributed by atoms with Gasteiger partial charge in [0.15, 0.2) is 0 Å². The Labute approximate surface area is 105 Å². The molecule has 0 radical (unpaired) electrons. The number of nitrogens with one attached hydrogen (secondary N) is 1. The number of benzene rings is 1. The molecule has 3 nitrogen and oxygen atoms in total. The molecule has 1 aromatic carbocycles. The lowest BCUT2D eigenvalue weighted by Crippen LogP contribution is -2.05. The molecule has 0 amide bonds. The molecule has 1 N–H and O–H groups in total. The molecule has 88 valence electrons. The minimum absolute atomic E-state index is 0.182. The van der Waals surface area contributed by atoms with Gasteiger partial charge in [0, 0.05) is 11.8 Å². The Balaban J connectivity index is 2.30. The minimum atomic E-state index is 0.182. The lowest BCUT2D eigenvalue weighted by Gasteiger charge is -2.10. The Kier molecular flexibility index (Phi) is 3.54. The van der Waals surface area contributed by atoms with E-state index >= 15 is 0 Å². The van der Waals surface area contributed by atoms with Gasteiger partial charge in [-0.15, -0.1) is 0 Å². The van der Waals surface area contributed by atoms with Gasteiger partial charge in [0.05, 0.1) is 12.4 Å². The summed E-state index contributed by atoms with van der Waals surface area (Å²) in [5.74, 6) is 0.863. The van der Waals surface area contributed by atoms with Crippen molar-refractivity contribution in [3.63, 3.8) is 0 Å². The molecular weight excluding hydrogens is 232 g/mol. The fourth-order valence-electron chi connectivity index (χ4n) is 1.53. The molecule has 0 aliphatic heterocycles. The molecule has 0 aliphatic carbocycles. The second-order valence-electron chi connectivity index (χ2n) is 3.99. The van der Waals surface area contributed by atoms with E-state index in [1.54, 1.807) is 12.5 Å². The standard InChI is InChI=1S/C13H14N2OS/c1-9(2)16-11-5-3-10(4-6-11)12-7-14-8-15-13(12)17/h3-9H,1-2H3,(H,14,15,17). The molecule has 17 heavy (non-hydrogen) atoms. The van der Waals surface area contributed by atoms with Crippen LogP contribution in [-0.2, 0) is 0 Å². The summed E-state index contributed by atoms with van der Waals surface area (Å²) < 4.78 is 6.28. The fraction of sp³-hybridized carbons (Fsp3) is 0.231. The highest BCUT2D eigenvalue weighted by Crippen LogP contribution is 2.22. The molecule has 0 saturated carbocycles. The van der Waals surface area contributed by atoms with Gasteiger partial charge in [0.1, 0.15) is 10.4 Å². The van der Waals surface area contributed by atoms with Crippen molar-refractivity contribution < 1.29 is 4.74 Å². The zero-order valence-electron chi connectivity index (χ0n) is 9.81. The SMILES string of the molecule is CC(C)Oc1ccc(-c2cnc[nH]c2=S)cc1. The molecule has 0 atom stereocenters. The van der Waals surface area contributed by atoms with Gasteiger partial charge in [0.25, 0.3) is 0 Å². The van der Waals surface area contributed by atoms with E-state index in [-0.39, 0.29) is 6.10 Å². The Hall–Kier alpha value is -1.68. The van der Waals surface area contributed by atoms with E-state index < -0.39 is 0 Å². The molecule has 0 unspecified atom stereocenters. The summed E-state index contributed by atoms with van der Waals surface area (Å²) in [5, 5.41) is 0. The van der Waals surface area contributed by atoms with Crippen molar-refractivity contribution >= 4 is 12.2 Å². The smallest absolute Gasteiger partial charge is 0.119 e. The van der Waals surface area contributed by atoms with E-state index in [4.69, 9.17) is 17.0 Å². The normalized spacial score (nSPS) is 10.5. The van der Waals surface area contributed by atoms with E-state index in [1.807, 2.05) is 38.1 Å². The van der Waals surface area contributed by atoms with Crippen LogP contribution in [0.2, 0.25) is 0 Å². The molecular formula is C13H14N2OS. The number of ether oxygens (including phenoxy) is 1. The number of rotatable bonds is 3. The van der Waals surface area contributed by atoms with Gasteiger partial charge < -0.3 is 9.72 Å². The molecule has 0 aliphatic rings. The van der Waals surface area contributed by atoms with Crippen LogP contribution >= 0.6 is 12.2 Å². The predicted molar refractivity (Wildman–Crippen MR) is 70.6 cm³/mol. The van der Waals surface area contributed by atoms with Crippen LogP contribution in [0.5, 0.6) is 5.75 Å². The summed E-state index contributed by atoms with van der Waals surface area (Å²) in [7, 11) is 0. The fourth-order valence-corrected chi connectivity index (χ4v) is 1.76. The van der Waals surface area contributed by atoms with Crippen LogP contribution in [0.4, 0.5) is 0 Å². The van der Waals surface area contributed by atoms with Crippen molar-refractivity contribution in [3.8, 4) is 16.9 Å². The van der Waals surface area contributed by atoms with Gasteiger partial charge in [-0.05, 0) is 31.5 Å². The first-order valence-electron chi connectivity index (χ1n) is 5.46. The van der Waals surface area contributed by atoms with Crippen LogP contribution in [0.15, 0.2) is 36.8 Å². The minimum Gasteiger partial charge on any atom is -0.491 e. The largest absolute Gasteiger partial charge is 0.491 e. The van der Waals surface area contributed by atoms with Crippen molar-refractivity contribution in [2.75, 3.05) is 0 Å². The number of H-pyrrole nitrogens is 1. The van der Waals surface area contributed by atoms with Crippen LogP contribution < -0.4 is 4.74 Å². The first kappa shape index (κ1) is 11.8. The van der Waals surface area contributed by atoms with E-state index in [2.05, 4.69) is 9.97 Å². The van der Waals surface area contributed by atoms with Gasteiger partial charge >= 0.3 is 0 Å². The molecule has 2 aromatic rings. The highest BCUT2D eigenvalue weighted by molar-refractivity contribution is 7.71. The van der Waals surface area contributed by atoms with E-state index in [0.717, 1.165) is 16.9 Å². The monoisotopic (exact) mass is 246 g/mol. The van der Waals surface area contributed by atoms with Gasteiger partial charge in [-0.25, -0.2) is 4.98 Å². The molecule has 2 rings (SSSR count). The highest BCUT2D eigenvalue weighted by Gasteiger charge is 2.02. The summed E-state index contributed by atoms with van der Waals surface area (Å²) in [4.78, 5) is 6.96. The van der Waals surface area contributed by atoms with Gasteiger partial charge in [-0.1, -0.05) is 24.4 Å². The number of hydrogen-bond acceptors (Lipinski definition) is 3. The zero-order valence-corrected chi connectivity index (χ0v) is 10.6. The van der Waals surface area contributed by atoms with Crippen LogP contribution in [0.1, 0.15) is 13.8 Å². The number of nitrogens with zero attached hydrogens (tertiary/aromatic N) is 1. The maximum atomic E-state index is 5.59. The molecule has 0 fully saturated rings. The van der Waals surface area contributed by atoms with E-state index in [1.165, 1.54) is 0 Å². The van der Waals surface area contributed by atoms with Crippen LogP contribution in [0.3, 0.4) is 0 Å². The molecule has 0 bridgehead atoms. The van der Waals surface area contributed by atoms with Crippen LogP contribution in [-0.4, -0.2) is 16.1 Å². The van der Waals surface area contributed by atoms with Crippen molar-refractivity contribution in [2.45, 2.75) is 20.0 Å². The maximum absolute atomic E-state index is 5.59. The average molecular weight is 246 g/mol. The predicted octanol–water partition coefficient (Wildman–Crippen LogP) is 3.59. The second-order valence-corrected chi connectivity index (χ2v) is 4.39. The lowest BCUT2D eigenvalue weighted by atomic mass is 10.1. The molecule has 0 saturated heterocycles. The summed E-state index contributed by atoms with van der Waals surface area (Å²) in [6.07, 6.45) is 3.53. The second kappa shape index (κ2) is 5.10. The van der Waals surface area contributed by atoms with E-state index in [9.17, 15) is 0 Å². The first-order valence-corrected chi connectivity index (χ1v) is 5.87. The first-order chi connectivity index (χ1) is 8.16. The number of hydrogen-bond donors (Lipinski definition) is 1. The Morgan fingerprint density at radius 3 is 2.53 bits per heavy atom. The van der Waals surface area contributed by atoms with Crippen molar-refractivity contribution in [1.82, 2.24) is 9.97 Å².